The van der Waals surface area contributed by atoms with Gasteiger partial charge in [-0.05, 0) is 24.1 Å². The van der Waals surface area contributed by atoms with Crippen LogP contribution in [0, 0.1) is 0 Å². The van der Waals surface area contributed by atoms with Crippen molar-refractivity contribution in [3.05, 3.63) is 33.5 Å². The van der Waals surface area contributed by atoms with E-state index >= 15 is 0 Å². The molecule has 7 heteroatoms. The molecule has 0 saturated heterocycles. The maximum absolute atomic E-state index is 11.0. The minimum atomic E-state index is -3.49. The van der Waals surface area contributed by atoms with E-state index in [1.165, 1.54) is 0 Å². The molecule has 86 valence electrons. The smallest absolute Gasteiger partial charge is 0.396 e. The molecule has 0 fully saturated rings. The summed E-state index contributed by atoms with van der Waals surface area (Å²) in [5.74, 6) is -0.131. The number of aryl methyl sites for hydroxylation is 1. The molecule has 2 rings (SSSR count). The summed E-state index contributed by atoms with van der Waals surface area (Å²) in [6.07, 6.45) is 0.307. The molecule has 0 amide bonds. The molecule has 0 N–H and O–H groups in total. The molecule has 0 unspecified atom stereocenters. The average Bonchev–Trinajstić information content (AvgIpc) is 2.52. The third-order valence-corrected chi connectivity index (χ3v) is 3.99. The van der Waals surface area contributed by atoms with Gasteiger partial charge in [-0.25, -0.2) is 13.2 Å². The first-order valence-corrected chi connectivity index (χ1v) is 7.68. The van der Waals surface area contributed by atoms with Gasteiger partial charge in [-0.1, -0.05) is 17.4 Å². The van der Waals surface area contributed by atoms with Crippen LogP contribution in [0.1, 0.15) is 5.56 Å². The molecule has 0 spiro atoms. The van der Waals surface area contributed by atoms with Gasteiger partial charge in [-0.2, -0.15) is 0 Å². The zero-order valence-corrected chi connectivity index (χ0v) is 10.4. The summed E-state index contributed by atoms with van der Waals surface area (Å²) in [6, 6.07) is 5.16. The fraction of sp³-hybridized carbons (Fsp3) is 0.222. The number of rotatable bonds is 3. The molecule has 0 aliphatic rings. The van der Waals surface area contributed by atoms with Crippen LogP contribution in [-0.4, -0.2) is 14.2 Å². The normalized spacial score (nSPS) is 12.1. The van der Waals surface area contributed by atoms with Crippen molar-refractivity contribution in [2.24, 2.45) is 0 Å². The van der Waals surface area contributed by atoms with Crippen molar-refractivity contribution in [3.63, 3.8) is 0 Å². The van der Waals surface area contributed by atoms with Gasteiger partial charge >= 0.3 is 4.94 Å². The van der Waals surface area contributed by atoms with Crippen molar-refractivity contribution >= 4 is 41.4 Å². The van der Waals surface area contributed by atoms with Crippen LogP contribution in [0.25, 0.3) is 10.3 Å². The van der Waals surface area contributed by atoms with Gasteiger partial charge in [0.25, 0.3) is 0 Å². The van der Waals surface area contributed by atoms with Crippen LogP contribution in [0.2, 0.25) is 0 Å². The van der Waals surface area contributed by atoms with Crippen LogP contribution in [0.5, 0.6) is 0 Å². The Bertz CT molecular complexity index is 668. The Kier molecular flexibility index (Phi) is 3.05. The molecule has 0 atom stereocenters. The molecular formula is C9H7ClO4S2. The minimum absolute atomic E-state index is 0.131. The summed E-state index contributed by atoms with van der Waals surface area (Å²) in [5.41, 5.74) is 1.26. The van der Waals surface area contributed by atoms with Crippen molar-refractivity contribution < 1.29 is 12.8 Å². The Hall–Kier alpha value is -0.850. The Labute approximate surface area is 99.9 Å². The molecule has 0 aliphatic heterocycles. The minimum Gasteiger partial charge on any atom is -0.414 e. The maximum atomic E-state index is 11.0. The summed E-state index contributed by atoms with van der Waals surface area (Å²) in [7, 11) is 1.62. The van der Waals surface area contributed by atoms with E-state index in [0.29, 0.717) is 12.0 Å². The zero-order chi connectivity index (χ0) is 11.8. The van der Waals surface area contributed by atoms with E-state index in [1.807, 2.05) is 0 Å². The van der Waals surface area contributed by atoms with Crippen molar-refractivity contribution in [3.8, 4) is 0 Å². The van der Waals surface area contributed by atoms with Gasteiger partial charge in [-0.15, -0.1) is 0 Å². The van der Waals surface area contributed by atoms with Crippen LogP contribution >= 0.6 is 22.0 Å². The number of hydrogen-bond donors (Lipinski definition) is 0. The second-order valence-electron chi connectivity index (χ2n) is 3.23. The summed E-state index contributed by atoms with van der Waals surface area (Å²) < 4.78 is 27.2. The Morgan fingerprint density at radius 1 is 1.38 bits per heavy atom. The lowest BCUT2D eigenvalue weighted by Gasteiger charge is -1.98. The molecule has 4 nitrogen and oxygen atoms in total. The fourth-order valence-electron chi connectivity index (χ4n) is 1.31. The SMILES string of the molecule is O=c1oc2cc(CCS(=O)(=O)Cl)ccc2s1. The van der Waals surface area contributed by atoms with Gasteiger partial charge in [0.2, 0.25) is 9.05 Å². The zero-order valence-electron chi connectivity index (χ0n) is 7.97. The first-order chi connectivity index (χ1) is 7.44. The quantitative estimate of drug-likeness (QED) is 0.805. The van der Waals surface area contributed by atoms with E-state index in [0.717, 1.165) is 21.6 Å². The summed E-state index contributed by atoms with van der Waals surface area (Å²) in [6.45, 7) is 0. The van der Waals surface area contributed by atoms with Crippen LogP contribution in [0.4, 0.5) is 0 Å². The van der Waals surface area contributed by atoms with Crippen LogP contribution < -0.4 is 4.94 Å². The van der Waals surface area contributed by atoms with Gasteiger partial charge in [0, 0.05) is 10.7 Å². The molecule has 0 aliphatic carbocycles. The van der Waals surface area contributed by atoms with Crippen molar-refractivity contribution in [1.82, 2.24) is 0 Å². The second-order valence-corrected chi connectivity index (χ2v) is 7.10. The maximum Gasteiger partial charge on any atom is 0.396 e. The van der Waals surface area contributed by atoms with E-state index in [1.54, 1.807) is 18.2 Å². The monoisotopic (exact) mass is 278 g/mol. The first kappa shape index (κ1) is 11.6. The molecule has 1 aromatic carbocycles. The largest absolute Gasteiger partial charge is 0.414 e. The van der Waals surface area contributed by atoms with Crippen molar-refractivity contribution in [1.29, 1.82) is 0 Å². The fourth-order valence-corrected chi connectivity index (χ4v) is 2.67. The van der Waals surface area contributed by atoms with Gasteiger partial charge in [0.1, 0.15) is 5.58 Å². The third-order valence-electron chi connectivity index (χ3n) is 2.03. The van der Waals surface area contributed by atoms with Crippen LogP contribution in [0.3, 0.4) is 0 Å². The number of halogens is 1. The highest BCUT2D eigenvalue weighted by molar-refractivity contribution is 8.13. The lowest BCUT2D eigenvalue weighted by Crippen LogP contribution is -2.00. The molecule has 16 heavy (non-hydrogen) atoms. The second kappa shape index (κ2) is 4.20. The molecule has 1 heterocycles. The van der Waals surface area contributed by atoms with E-state index in [-0.39, 0.29) is 10.7 Å². The van der Waals surface area contributed by atoms with Gasteiger partial charge in [0.05, 0.1) is 10.5 Å². The lowest BCUT2D eigenvalue weighted by molar-refractivity contribution is 0.585. The molecule has 2 aromatic rings. The molecule has 0 radical (unpaired) electrons. The summed E-state index contributed by atoms with van der Waals surface area (Å²) in [5, 5.41) is 0. The van der Waals surface area contributed by atoms with Gasteiger partial charge in [-0.3, -0.25) is 0 Å². The Morgan fingerprint density at radius 3 is 2.81 bits per heavy atom. The van der Waals surface area contributed by atoms with Crippen molar-refractivity contribution in [2.75, 3.05) is 5.75 Å². The topological polar surface area (TPSA) is 64.3 Å². The molecule has 0 bridgehead atoms. The van der Waals surface area contributed by atoms with Gasteiger partial charge in [0.15, 0.2) is 0 Å². The van der Waals surface area contributed by atoms with E-state index in [4.69, 9.17) is 15.1 Å². The molecular weight excluding hydrogens is 272 g/mol. The van der Waals surface area contributed by atoms with Gasteiger partial charge < -0.3 is 4.42 Å². The highest BCUT2D eigenvalue weighted by Crippen LogP contribution is 2.19. The Morgan fingerprint density at radius 2 is 2.12 bits per heavy atom. The molecule has 0 saturated carbocycles. The summed E-state index contributed by atoms with van der Waals surface area (Å²) in [4.78, 5) is 10.6. The number of hydrogen-bond acceptors (Lipinski definition) is 5. The lowest BCUT2D eigenvalue weighted by atomic mass is 10.2. The number of fused-ring (bicyclic) bond motifs is 1. The standard InChI is InChI=1S/C9H7ClO4S2/c10-16(12,13)4-3-6-1-2-8-7(5-6)14-9(11)15-8/h1-2,5H,3-4H2. The van der Waals surface area contributed by atoms with Crippen LogP contribution in [0.15, 0.2) is 27.4 Å². The highest BCUT2D eigenvalue weighted by atomic mass is 35.7. The predicted molar refractivity (Wildman–Crippen MR) is 63.7 cm³/mol. The summed E-state index contributed by atoms with van der Waals surface area (Å²) >= 11 is 1.02. The van der Waals surface area contributed by atoms with E-state index in [2.05, 4.69) is 0 Å². The van der Waals surface area contributed by atoms with Crippen LogP contribution in [-0.2, 0) is 15.5 Å². The van der Waals surface area contributed by atoms with E-state index in [9.17, 15) is 13.2 Å². The molecule has 1 aromatic heterocycles. The third kappa shape index (κ3) is 2.84. The first-order valence-electron chi connectivity index (χ1n) is 4.39. The van der Waals surface area contributed by atoms with Crippen molar-refractivity contribution in [2.45, 2.75) is 6.42 Å². The average molecular weight is 279 g/mol. The Balaban J connectivity index is 2.29. The predicted octanol–water partition coefficient (Wildman–Crippen LogP) is 1.97. The van der Waals surface area contributed by atoms with E-state index < -0.39 is 9.05 Å². The highest BCUT2D eigenvalue weighted by Gasteiger charge is 2.07. The number of benzene rings is 1.